The number of anilines is 1. The lowest BCUT2D eigenvalue weighted by Gasteiger charge is -2.26. The number of benzene rings is 2. The molecule has 27 heavy (non-hydrogen) atoms. The van der Waals surface area contributed by atoms with Gasteiger partial charge in [-0.15, -0.1) is 0 Å². The van der Waals surface area contributed by atoms with E-state index in [2.05, 4.69) is 0 Å². The van der Waals surface area contributed by atoms with Crippen LogP contribution in [0.5, 0.6) is 11.5 Å². The summed E-state index contributed by atoms with van der Waals surface area (Å²) in [6, 6.07) is 12.2. The molecule has 2 atom stereocenters. The fourth-order valence-corrected chi connectivity index (χ4v) is 4.86. The van der Waals surface area contributed by atoms with Gasteiger partial charge in [-0.1, -0.05) is 6.92 Å². The van der Waals surface area contributed by atoms with Crippen LogP contribution in [0.4, 0.5) is 5.69 Å². The van der Waals surface area contributed by atoms with Crippen molar-refractivity contribution in [3.63, 3.8) is 0 Å². The van der Waals surface area contributed by atoms with Crippen molar-refractivity contribution in [2.45, 2.75) is 19.2 Å². The van der Waals surface area contributed by atoms with Crippen LogP contribution in [-0.4, -0.2) is 40.0 Å². The smallest absolute Gasteiger partial charge is 0.264 e. The van der Waals surface area contributed by atoms with Crippen molar-refractivity contribution in [3.05, 3.63) is 48.0 Å². The van der Waals surface area contributed by atoms with Crippen LogP contribution in [0.2, 0.25) is 0 Å². The zero-order valence-electron chi connectivity index (χ0n) is 16.5. The Morgan fingerprint density at radius 3 is 2.26 bits per heavy atom. The second-order valence-corrected chi connectivity index (χ2v) is 8.78. The van der Waals surface area contributed by atoms with Crippen LogP contribution < -0.4 is 19.7 Å². The largest absolute Gasteiger partial charge is 0.497 e. The highest BCUT2D eigenvalue weighted by atomic mass is 31.2. The Hall–Kier alpha value is -2.01. The van der Waals surface area contributed by atoms with Gasteiger partial charge in [0.25, 0.3) is 7.37 Å². The summed E-state index contributed by atoms with van der Waals surface area (Å²) in [6.07, 6.45) is 0.687. The molecule has 0 aliphatic carbocycles. The molecule has 0 heterocycles. The predicted molar refractivity (Wildman–Crippen MR) is 109 cm³/mol. The molecule has 2 aromatic carbocycles. The lowest BCUT2D eigenvalue weighted by atomic mass is 10.2. The van der Waals surface area contributed by atoms with Gasteiger partial charge in [0.1, 0.15) is 11.5 Å². The summed E-state index contributed by atoms with van der Waals surface area (Å²) < 4.78 is 30.1. The molecule has 0 amide bonds. The number of ether oxygens (including phenoxy) is 2. The minimum Gasteiger partial charge on any atom is -0.497 e. The van der Waals surface area contributed by atoms with Gasteiger partial charge in [0.15, 0.2) is 5.85 Å². The molecule has 2 rings (SSSR count). The van der Waals surface area contributed by atoms with Gasteiger partial charge in [0.05, 0.1) is 20.8 Å². The molecule has 0 fully saturated rings. The van der Waals surface area contributed by atoms with Crippen LogP contribution in [-0.2, 0) is 9.09 Å². The highest BCUT2D eigenvalue weighted by Gasteiger charge is 2.38. The molecule has 148 valence electrons. The minimum atomic E-state index is -3.60. The first-order valence-electron chi connectivity index (χ1n) is 8.79. The van der Waals surface area contributed by atoms with Crippen molar-refractivity contribution in [1.29, 1.82) is 0 Å². The van der Waals surface area contributed by atoms with Crippen LogP contribution in [0.3, 0.4) is 0 Å². The molecule has 0 aromatic heterocycles. The standard InChI is InChI=1S/C20H28NO5P/c1-6-13-26-27(23,17-10-7-15(8-11-17)21(2)3)20(22)18-12-9-16(24-4)14-19(18)25-5/h7-12,14,20,22H,6,13H2,1-5H3/t20-,27+/m0/s1. The van der Waals surface area contributed by atoms with E-state index in [0.29, 0.717) is 28.8 Å². The summed E-state index contributed by atoms with van der Waals surface area (Å²) in [5.41, 5.74) is 1.37. The van der Waals surface area contributed by atoms with Crippen molar-refractivity contribution in [3.8, 4) is 11.5 Å². The van der Waals surface area contributed by atoms with Crippen molar-refractivity contribution >= 4 is 18.4 Å². The monoisotopic (exact) mass is 393 g/mol. The summed E-state index contributed by atoms with van der Waals surface area (Å²) in [7, 11) is 3.30. The average molecular weight is 393 g/mol. The molecular formula is C20H28NO5P. The Balaban J connectivity index is 2.50. The second kappa shape index (κ2) is 9.27. The van der Waals surface area contributed by atoms with E-state index in [1.54, 1.807) is 37.4 Å². The molecule has 0 radical (unpaired) electrons. The molecule has 0 aliphatic heterocycles. The molecule has 0 spiro atoms. The molecular weight excluding hydrogens is 365 g/mol. The molecule has 0 saturated carbocycles. The maximum Gasteiger partial charge on any atom is 0.264 e. The van der Waals surface area contributed by atoms with Gasteiger partial charge in [-0.2, -0.15) is 0 Å². The van der Waals surface area contributed by atoms with Crippen molar-refractivity contribution in [2.24, 2.45) is 0 Å². The van der Waals surface area contributed by atoms with E-state index >= 15 is 0 Å². The maximum atomic E-state index is 13.8. The summed E-state index contributed by atoms with van der Waals surface area (Å²) in [6.45, 7) is 2.21. The zero-order chi connectivity index (χ0) is 20.0. The van der Waals surface area contributed by atoms with Gasteiger partial charge in [0.2, 0.25) is 0 Å². The summed E-state index contributed by atoms with van der Waals surface area (Å²) >= 11 is 0. The van der Waals surface area contributed by atoms with Gasteiger partial charge in [-0.3, -0.25) is 4.57 Å². The fraction of sp³-hybridized carbons (Fsp3) is 0.400. The van der Waals surface area contributed by atoms with Crippen LogP contribution in [0.15, 0.2) is 42.5 Å². The van der Waals surface area contributed by atoms with Crippen molar-refractivity contribution in [1.82, 2.24) is 0 Å². The number of hydrogen-bond acceptors (Lipinski definition) is 6. The summed E-state index contributed by atoms with van der Waals surface area (Å²) in [5.74, 6) is -0.371. The second-order valence-electron chi connectivity index (χ2n) is 6.32. The van der Waals surface area contributed by atoms with Gasteiger partial charge in [-0.05, 0) is 42.8 Å². The number of hydrogen-bond donors (Lipinski definition) is 1. The molecule has 0 saturated heterocycles. The number of methoxy groups -OCH3 is 2. The van der Waals surface area contributed by atoms with E-state index in [1.807, 2.05) is 38.1 Å². The summed E-state index contributed by atoms with van der Waals surface area (Å²) in [4.78, 5) is 1.95. The Morgan fingerprint density at radius 1 is 1.07 bits per heavy atom. The van der Waals surface area contributed by atoms with Crippen LogP contribution in [0.1, 0.15) is 24.8 Å². The maximum absolute atomic E-state index is 13.8. The number of rotatable bonds is 9. The molecule has 7 heteroatoms. The first-order chi connectivity index (χ1) is 12.9. The van der Waals surface area contributed by atoms with Crippen molar-refractivity contribution in [2.75, 3.05) is 39.8 Å². The van der Waals surface area contributed by atoms with Gasteiger partial charge >= 0.3 is 0 Å². The molecule has 0 bridgehead atoms. The van der Waals surface area contributed by atoms with Crippen LogP contribution in [0.25, 0.3) is 0 Å². The van der Waals surface area contributed by atoms with E-state index < -0.39 is 13.2 Å². The zero-order valence-corrected chi connectivity index (χ0v) is 17.4. The number of aliphatic hydroxyl groups excluding tert-OH is 1. The highest BCUT2D eigenvalue weighted by molar-refractivity contribution is 7.67. The molecule has 6 nitrogen and oxygen atoms in total. The lowest BCUT2D eigenvalue weighted by molar-refractivity contribution is 0.210. The van der Waals surface area contributed by atoms with E-state index in [4.69, 9.17) is 14.0 Å². The van der Waals surface area contributed by atoms with E-state index in [-0.39, 0.29) is 6.61 Å². The van der Waals surface area contributed by atoms with Crippen molar-refractivity contribution < 1.29 is 23.7 Å². The molecule has 2 aromatic rings. The van der Waals surface area contributed by atoms with E-state index in [9.17, 15) is 9.67 Å². The fourth-order valence-electron chi connectivity index (χ4n) is 2.69. The lowest BCUT2D eigenvalue weighted by Crippen LogP contribution is -2.16. The third-order valence-corrected chi connectivity index (χ3v) is 6.76. The molecule has 0 aliphatic rings. The van der Waals surface area contributed by atoms with E-state index in [1.165, 1.54) is 7.11 Å². The Bertz CT molecular complexity index is 791. The topological polar surface area (TPSA) is 68.2 Å². The average Bonchev–Trinajstić information content (AvgIpc) is 2.70. The normalized spacial score (nSPS) is 14.3. The van der Waals surface area contributed by atoms with Crippen LogP contribution >= 0.6 is 7.37 Å². The minimum absolute atomic E-state index is 0.280. The third-order valence-electron chi connectivity index (χ3n) is 4.25. The predicted octanol–water partition coefficient (Wildman–Crippen LogP) is 3.79. The van der Waals surface area contributed by atoms with Gasteiger partial charge < -0.3 is 24.0 Å². The van der Waals surface area contributed by atoms with E-state index in [0.717, 1.165) is 5.69 Å². The Kier molecular flexibility index (Phi) is 7.31. The number of aliphatic hydroxyl groups is 1. The van der Waals surface area contributed by atoms with Crippen LogP contribution in [0, 0.1) is 0 Å². The summed E-state index contributed by atoms with van der Waals surface area (Å²) in [5, 5.41) is 11.5. The SMILES string of the molecule is CCCO[P@](=O)(c1ccc(N(C)C)cc1)[C@H](O)c1ccc(OC)cc1OC. The Morgan fingerprint density at radius 2 is 1.74 bits per heavy atom. The first-order valence-corrected chi connectivity index (χ1v) is 10.5. The highest BCUT2D eigenvalue weighted by Crippen LogP contribution is 2.59. The molecule has 0 unspecified atom stereocenters. The van der Waals surface area contributed by atoms with Gasteiger partial charge in [0, 0.05) is 36.7 Å². The quantitative estimate of drug-likeness (QED) is 0.654. The number of nitrogens with zero attached hydrogens (tertiary/aromatic N) is 1. The molecule has 1 N–H and O–H groups in total. The Labute approximate surface area is 161 Å². The first kappa shape index (κ1) is 21.3. The third kappa shape index (κ3) is 4.64. The van der Waals surface area contributed by atoms with Gasteiger partial charge in [-0.25, -0.2) is 0 Å².